The third kappa shape index (κ3) is 7.44. The summed E-state index contributed by atoms with van der Waals surface area (Å²) in [5.41, 5.74) is 2.25. The molecule has 2 aromatic carbocycles. The van der Waals surface area contributed by atoms with Gasteiger partial charge in [0.2, 0.25) is 11.8 Å². The number of pyridine rings is 1. The van der Waals surface area contributed by atoms with Crippen LogP contribution in [0.1, 0.15) is 41.3 Å². The molecule has 4 bridgehead atoms. The summed E-state index contributed by atoms with van der Waals surface area (Å²) in [4.78, 5) is 46.9. The van der Waals surface area contributed by atoms with Crippen LogP contribution in [-0.2, 0) is 27.4 Å². The monoisotopic (exact) mass is 572 g/mol. The first-order chi connectivity index (χ1) is 20.4. The maximum Gasteiger partial charge on any atom is 0.254 e. The Morgan fingerprint density at radius 2 is 2.00 bits per heavy atom. The molecule has 3 aromatic rings. The number of benzene rings is 2. The van der Waals surface area contributed by atoms with Gasteiger partial charge in [0.25, 0.3) is 5.91 Å². The quantitative estimate of drug-likeness (QED) is 0.498. The van der Waals surface area contributed by atoms with E-state index in [0.717, 1.165) is 11.1 Å². The molecule has 10 nitrogen and oxygen atoms in total. The number of rotatable bonds is 5. The summed E-state index contributed by atoms with van der Waals surface area (Å²) in [7, 11) is 1.57. The molecule has 0 saturated carbocycles. The fourth-order valence-corrected chi connectivity index (χ4v) is 5.25. The second-order valence-electron chi connectivity index (χ2n) is 10.5. The highest BCUT2D eigenvalue weighted by atomic mass is 16.5. The fraction of sp³-hybridized carbons (Fsp3) is 0.375. The van der Waals surface area contributed by atoms with Crippen LogP contribution in [0.4, 0.5) is 0 Å². The molecular weight excluding hydrogens is 536 g/mol. The van der Waals surface area contributed by atoms with E-state index in [4.69, 9.17) is 14.2 Å². The Bertz CT molecular complexity index is 1420. The summed E-state index contributed by atoms with van der Waals surface area (Å²) in [5, 5.41) is 3.04. The van der Waals surface area contributed by atoms with Crippen molar-refractivity contribution in [2.24, 2.45) is 0 Å². The highest BCUT2D eigenvalue weighted by Crippen LogP contribution is 2.29. The molecule has 2 aliphatic heterocycles. The minimum absolute atomic E-state index is 0.0147. The fourth-order valence-electron chi connectivity index (χ4n) is 5.25. The van der Waals surface area contributed by atoms with Gasteiger partial charge < -0.3 is 29.3 Å². The highest BCUT2D eigenvalue weighted by molar-refractivity contribution is 5.97. The van der Waals surface area contributed by atoms with E-state index in [0.29, 0.717) is 68.4 Å². The average Bonchev–Trinajstić information content (AvgIpc) is 2.99. The number of amides is 3. The van der Waals surface area contributed by atoms with Gasteiger partial charge in [-0.1, -0.05) is 18.2 Å². The topological polar surface area (TPSA) is 110 Å². The molecule has 1 aromatic heterocycles. The summed E-state index contributed by atoms with van der Waals surface area (Å²) in [6.07, 6.45) is 4.68. The van der Waals surface area contributed by atoms with Gasteiger partial charge in [-0.05, 0) is 61.2 Å². The number of likely N-dealkylation sites (tertiary alicyclic amines) is 1. The van der Waals surface area contributed by atoms with Crippen LogP contribution in [0, 0.1) is 0 Å². The molecular formula is C32H36N4O6. The summed E-state index contributed by atoms with van der Waals surface area (Å²) < 4.78 is 18.1. The smallest absolute Gasteiger partial charge is 0.254 e. The van der Waals surface area contributed by atoms with Gasteiger partial charge in [0.15, 0.2) is 0 Å². The van der Waals surface area contributed by atoms with Crippen LogP contribution >= 0.6 is 0 Å². The molecule has 1 saturated heterocycles. The third-order valence-corrected chi connectivity index (χ3v) is 7.36. The minimum atomic E-state index is -0.433. The zero-order valence-electron chi connectivity index (χ0n) is 24.0. The van der Waals surface area contributed by atoms with Crippen LogP contribution < -0.4 is 14.8 Å². The lowest BCUT2D eigenvalue weighted by molar-refractivity contribution is -0.137. The van der Waals surface area contributed by atoms with Gasteiger partial charge in [-0.15, -0.1) is 0 Å². The van der Waals surface area contributed by atoms with Gasteiger partial charge in [-0.25, -0.2) is 0 Å². The standard InChI is InChI=1S/C32H36N4O6/c1-3-40-26-15-24-16-27(17-26)42-25-8-4-6-23(14-25)21-41-29-11-13-36(31(38)10-9-22-7-5-12-33-18-22)19-28(29)34-30(37)20-35(2)32(24)39/h4-8,12,14-18,28-29H,3,9-11,13,19-21H2,1-2H3,(H,34,37)/t28-,29+/m0/s1. The number of hydrogen-bond donors (Lipinski definition) is 1. The molecule has 0 radical (unpaired) electrons. The Morgan fingerprint density at radius 1 is 1.12 bits per heavy atom. The van der Waals surface area contributed by atoms with E-state index >= 15 is 0 Å². The summed E-state index contributed by atoms with van der Waals surface area (Å²) >= 11 is 0. The van der Waals surface area contributed by atoms with Crippen LogP contribution in [0.15, 0.2) is 67.0 Å². The largest absolute Gasteiger partial charge is 0.494 e. The molecule has 0 aliphatic carbocycles. The third-order valence-electron chi connectivity index (χ3n) is 7.36. The average molecular weight is 573 g/mol. The van der Waals surface area contributed by atoms with E-state index in [1.54, 1.807) is 42.5 Å². The Labute approximate surface area is 245 Å². The van der Waals surface area contributed by atoms with E-state index in [1.165, 1.54) is 4.90 Å². The van der Waals surface area contributed by atoms with Crippen molar-refractivity contribution in [2.45, 2.75) is 44.9 Å². The van der Waals surface area contributed by atoms with Crippen LogP contribution in [0.3, 0.4) is 0 Å². The Balaban J connectivity index is 1.36. The number of aryl methyl sites for hydroxylation is 1. The summed E-state index contributed by atoms with van der Waals surface area (Å²) in [5.74, 6) is 0.882. The number of ether oxygens (including phenoxy) is 3. The first kappa shape index (κ1) is 29.1. The van der Waals surface area contributed by atoms with Gasteiger partial charge in [-0.2, -0.15) is 0 Å². The minimum Gasteiger partial charge on any atom is -0.494 e. The SMILES string of the molecule is CCOc1cc2cc(c1)C(=O)N(C)CC(=O)N[C@H]1CN(C(=O)CCc3cccnc3)CC[C@H]1OCc1cccc(c1)O2. The van der Waals surface area contributed by atoms with E-state index in [2.05, 4.69) is 10.3 Å². The van der Waals surface area contributed by atoms with Gasteiger partial charge in [0.05, 0.1) is 31.9 Å². The first-order valence-corrected chi connectivity index (χ1v) is 14.3. The Kier molecular flexibility index (Phi) is 9.33. The van der Waals surface area contributed by atoms with Crippen molar-refractivity contribution in [3.8, 4) is 17.2 Å². The lowest BCUT2D eigenvalue weighted by Gasteiger charge is -2.39. The lowest BCUT2D eigenvalue weighted by atomic mass is 10.0. The molecule has 1 N–H and O–H groups in total. The van der Waals surface area contributed by atoms with E-state index in [-0.39, 0.29) is 30.4 Å². The van der Waals surface area contributed by atoms with Gasteiger partial charge in [0.1, 0.15) is 17.2 Å². The number of likely N-dealkylation sites (N-methyl/N-ethyl adjacent to an activating group) is 1. The van der Waals surface area contributed by atoms with Gasteiger partial charge in [-0.3, -0.25) is 19.4 Å². The number of nitrogens with zero attached hydrogens (tertiary/aromatic N) is 3. The normalized spacial score (nSPS) is 19.4. The number of nitrogens with one attached hydrogen (secondary N) is 1. The Hall–Kier alpha value is -4.44. The van der Waals surface area contributed by atoms with Crippen molar-refractivity contribution in [1.82, 2.24) is 20.1 Å². The Morgan fingerprint density at radius 3 is 2.81 bits per heavy atom. The van der Waals surface area contributed by atoms with Gasteiger partial charge >= 0.3 is 0 Å². The summed E-state index contributed by atoms with van der Waals surface area (Å²) in [6, 6.07) is 15.9. The molecule has 220 valence electrons. The zero-order chi connectivity index (χ0) is 29.5. The number of carbonyl (C=O) groups is 3. The van der Waals surface area contributed by atoms with Crippen LogP contribution in [0.2, 0.25) is 0 Å². The second kappa shape index (κ2) is 13.5. The molecule has 10 heteroatoms. The van der Waals surface area contributed by atoms with Crippen molar-refractivity contribution in [2.75, 3.05) is 33.3 Å². The maximum absolute atomic E-state index is 13.3. The van der Waals surface area contributed by atoms with Gasteiger partial charge in [0, 0.05) is 50.6 Å². The van der Waals surface area contributed by atoms with Crippen molar-refractivity contribution in [3.63, 3.8) is 0 Å². The number of fused-ring (bicyclic) bond motifs is 5. The zero-order valence-corrected chi connectivity index (χ0v) is 24.0. The van der Waals surface area contributed by atoms with Crippen LogP contribution in [-0.4, -0.2) is 77.9 Å². The number of carbonyl (C=O) groups excluding carboxylic acids is 3. The van der Waals surface area contributed by atoms with E-state index in [9.17, 15) is 14.4 Å². The molecule has 2 atom stereocenters. The van der Waals surface area contributed by atoms with E-state index in [1.807, 2.05) is 43.3 Å². The molecule has 5 rings (SSSR count). The lowest BCUT2D eigenvalue weighted by Crippen LogP contribution is -2.58. The molecule has 42 heavy (non-hydrogen) atoms. The number of piperidine rings is 1. The van der Waals surface area contributed by atoms with Crippen molar-refractivity contribution >= 4 is 17.7 Å². The maximum atomic E-state index is 13.3. The first-order valence-electron chi connectivity index (χ1n) is 14.3. The van der Waals surface area contributed by atoms with Crippen LogP contribution in [0.25, 0.3) is 0 Å². The molecule has 0 spiro atoms. The second-order valence-corrected chi connectivity index (χ2v) is 10.5. The molecule has 3 heterocycles. The molecule has 2 aliphatic rings. The number of aromatic nitrogens is 1. The predicted octanol–water partition coefficient (Wildman–Crippen LogP) is 3.59. The van der Waals surface area contributed by atoms with Crippen molar-refractivity contribution in [3.05, 3.63) is 83.7 Å². The van der Waals surface area contributed by atoms with Crippen LogP contribution in [0.5, 0.6) is 17.2 Å². The van der Waals surface area contributed by atoms with Crippen molar-refractivity contribution in [1.29, 1.82) is 0 Å². The molecule has 3 amide bonds. The molecule has 1 fully saturated rings. The molecule has 0 unspecified atom stereocenters. The van der Waals surface area contributed by atoms with Crippen molar-refractivity contribution < 1.29 is 28.6 Å². The highest BCUT2D eigenvalue weighted by Gasteiger charge is 2.33. The number of hydrogen-bond acceptors (Lipinski definition) is 7. The summed E-state index contributed by atoms with van der Waals surface area (Å²) in [6.45, 7) is 3.29. The van der Waals surface area contributed by atoms with E-state index < -0.39 is 6.04 Å². The predicted molar refractivity (Wildman–Crippen MR) is 155 cm³/mol.